The Morgan fingerprint density at radius 3 is 2.69 bits per heavy atom. The van der Waals surface area contributed by atoms with Crippen LogP contribution in [0.25, 0.3) is 0 Å². The highest BCUT2D eigenvalue weighted by molar-refractivity contribution is 5.46. The molecule has 0 amide bonds. The van der Waals surface area contributed by atoms with E-state index in [2.05, 4.69) is 40.0 Å². The quantitative estimate of drug-likeness (QED) is 0.548. The van der Waals surface area contributed by atoms with Crippen LogP contribution in [0.1, 0.15) is 78.6 Å². The van der Waals surface area contributed by atoms with E-state index in [-0.39, 0.29) is 0 Å². The van der Waals surface area contributed by atoms with Gasteiger partial charge in [0, 0.05) is 11.5 Å². The lowest BCUT2D eigenvalue weighted by molar-refractivity contribution is 0.0341. The number of fused-ring (bicyclic) bond motifs is 2. The molecule has 4 rings (SSSR count). The average Bonchev–Trinajstić information content (AvgIpc) is 2.83. The summed E-state index contributed by atoms with van der Waals surface area (Å²) in [5.74, 6) is 2.27. The van der Waals surface area contributed by atoms with Gasteiger partial charge in [-0.2, -0.15) is 0 Å². The molecule has 7 unspecified atom stereocenters. The summed E-state index contributed by atoms with van der Waals surface area (Å²) in [4.78, 5) is 0. The van der Waals surface area contributed by atoms with E-state index < -0.39 is 0 Å². The normalized spacial score (nSPS) is 50.2. The minimum atomic E-state index is 0.367. The van der Waals surface area contributed by atoms with Gasteiger partial charge >= 0.3 is 0 Å². The van der Waals surface area contributed by atoms with Crippen LogP contribution < -0.4 is 5.73 Å². The maximum absolute atomic E-state index is 6.97. The van der Waals surface area contributed by atoms with Gasteiger partial charge in [-0.05, 0) is 73.5 Å². The first kappa shape index (κ1) is 18.5. The molecule has 1 spiro atoms. The van der Waals surface area contributed by atoms with Crippen LogP contribution in [0.5, 0.6) is 0 Å². The lowest BCUT2D eigenvalue weighted by Gasteiger charge is -2.48. The molecule has 4 saturated carbocycles. The molecule has 0 aromatic carbocycles. The zero-order valence-corrected chi connectivity index (χ0v) is 17.3. The lowest BCUT2D eigenvalue weighted by atomic mass is 9.57. The first-order valence-corrected chi connectivity index (χ1v) is 11.2. The monoisotopic (exact) mass is 353 g/mol. The molecule has 2 N–H and O–H groups in total. The van der Waals surface area contributed by atoms with E-state index in [1.165, 1.54) is 63.4 Å². The van der Waals surface area contributed by atoms with Gasteiger partial charge in [0.05, 0.1) is 0 Å². The van der Waals surface area contributed by atoms with Crippen molar-refractivity contribution in [1.29, 1.82) is 0 Å². The summed E-state index contributed by atoms with van der Waals surface area (Å²) in [6.45, 7) is 15.8. The maximum atomic E-state index is 6.97. The van der Waals surface area contributed by atoms with E-state index in [1.807, 2.05) is 6.08 Å². The van der Waals surface area contributed by atoms with E-state index >= 15 is 0 Å². The van der Waals surface area contributed by atoms with Crippen LogP contribution >= 0.6 is 0 Å². The van der Waals surface area contributed by atoms with Gasteiger partial charge in [0.1, 0.15) is 0 Å². The molecule has 144 valence electrons. The molecule has 4 fully saturated rings. The van der Waals surface area contributed by atoms with Crippen molar-refractivity contribution in [2.24, 2.45) is 39.7 Å². The van der Waals surface area contributed by atoms with Crippen molar-refractivity contribution in [3.63, 3.8) is 0 Å². The third-order valence-corrected chi connectivity index (χ3v) is 9.30. The summed E-state index contributed by atoms with van der Waals surface area (Å²) in [5.41, 5.74) is 11.4. The molecule has 4 aliphatic rings. The Bertz CT molecular complexity index is 645. The van der Waals surface area contributed by atoms with Gasteiger partial charge in [0.15, 0.2) is 0 Å². The van der Waals surface area contributed by atoms with E-state index in [9.17, 15) is 0 Å². The standard InChI is InChI=1S/C25H39N/c1-6-9-17(4)19-11-12-21-23(19,5)16-20(26)22-24(14-8-3)18(10-7-2)13-15-25(21,22)24/h7,10,19-22H,2,4,6,8-9,11-16,26H2,1,3,5H3/b18-10-. The van der Waals surface area contributed by atoms with Crippen LogP contribution in [0.2, 0.25) is 0 Å². The fraction of sp³-hybridized carbons (Fsp3) is 0.760. The third-order valence-electron chi connectivity index (χ3n) is 9.30. The van der Waals surface area contributed by atoms with E-state index in [0.717, 1.165) is 11.8 Å². The highest BCUT2D eigenvalue weighted by Gasteiger charge is 2.86. The molecule has 7 atom stereocenters. The van der Waals surface area contributed by atoms with Gasteiger partial charge < -0.3 is 5.73 Å². The van der Waals surface area contributed by atoms with Crippen LogP contribution in [0.3, 0.4) is 0 Å². The number of allylic oxidation sites excluding steroid dienone is 4. The Kier molecular flexibility index (Phi) is 4.34. The Morgan fingerprint density at radius 2 is 2.04 bits per heavy atom. The molecule has 26 heavy (non-hydrogen) atoms. The fourth-order valence-corrected chi connectivity index (χ4v) is 9.03. The molecule has 0 aliphatic heterocycles. The molecule has 0 aromatic rings. The van der Waals surface area contributed by atoms with Crippen molar-refractivity contribution in [2.75, 3.05) is 0 Å². The van der Waals surface area contributed by atoms with Gasteiger partial charge in [-0.3, -0.25) is 0 Å². The molecule has 0 aromatic heterocycles. The summed E-state index contributed by atoms with van der Waals surface area (Å²) in [6.07, 6.45) is 16.0. The third kappa shape index (κ3) is 1.96. The minimum Gasteiger partial charge on any atom is -0.327 e. The second-order valence-corrected chi connectivity index (χ2v) is 10.1. The number of hydrogen-bond acceptors (Lipinski definition) is 1. The topological polar surface area (TPSA) is 26.0 Å². The minimum absolute atomic E-state index is 0.367. The van der Waals surface area contributed by atoms with Crippen LogP contribution in [0.15, 0.2) is 36.5 Å². The van der Waals surface area contributed by atoms with Crippen molar-refractivity contribution in [2.45, 2.75) is 84.6 Å². The summed E-state index contributed by atoms with van der Waals surface area (Å²) in [7, 11) is 0. The highest BCUT2D eigenvalue weighted by atomic mass is 14.9. The summed E-state index contributed by atoms with van der Waals surface area (Å²) in [6, 6.07) is 0.367. The van der Waals surface area contributed by atoms with Crippen molar-refractivity contribution < 1.29 is 0 Å². The number of hydrogen-bond donors (Lipinski definition) is 1. The molecule has 0 heterocycles. The smallest absolute Gasteiger partial charge is 0.00870 e. The first-order valence-electron chi connectivity index (χ1n) is 11.2. The Labute approximate surface area is 161 Å². The lowest BCUT2D eigenvalue weighted by Crippen LogP contribution is -2.47. The molecule has 1 heteroatoms. The average molecular weight is 354 g/mol. The Hall–Kier alpha value is -0.820. The first-order chi connectivity index (χ1) is 12.4. The zero-order chi connectivity index (χ0) is 18.7. The molecule has 0 saturated heterocycles. The van der Waals surface area contributed by atoms with Gasteiger partial charge in [0.2, 0.25) is 0 Å². The van der Waals surface area contributed by atoms with Gasteiger partial charge in [0.25, 0.3) is 0 Å². The predicted octanol–water partition coefficient (Wildman–Crippen LogP) is 6.42. The largest absolute Gasteiger partial charge is 0.327 e. The molecular weight excluding hydrogens is 314 g/mol. The summed E-state index contributed by atoms with van der Waals surface area (Å²) < 4.78 is 0. The van der Waals surface area contributed by atoms with E-state index in [0.29, 0.717) is 28.2 Å². The van der Waals surface area contributed by atoms with E-state index in [1.54, 1.807) is 5.57 Å². The SMILES string of the molecule is C=C/C=C1/CCC23C4CCC(C(=C)CCC)C4(C)CC(N)C2C13CCC. The summed E-state index contributed by atoms with van der Waals surface area (Å²) in [5, 5.41) is 0. The Balaban J connectivity index is 1.76. The van der Waals surface area contributed by atoms with Crippen molar-refractivity contribution in [1.82, 2.24) is 0 Å². The molecule has 1 nitrogen and oxygen atoms in total. The maximum Gasteiger partial charge on any atom is 0.00870 e. The zero-order valence-electron chi connectivity index (χ0n) is 17.3. The highest BCUT2D eigenvalue weighted by Crippen LogP contribution is 2.90. The van der Waals surface area contributed by atoms with E-state index in [4.69, 9.17) is 5.73 Å². The van der Waals surface area contributed by atoms with Crippen LogP contribution in [-0.2, 0) is 0 Å². The molecular formula is C25H39N. The molecule has 0 bridgehead atoms. The predicted molar refractivity (Wildman–Crippen MR) is 112 cm³/mol. The second-order valence-electron chi connectivity index (χ2n) is 10.1. The van der Waals surface area contributed by atoms with Crippen LogP contribution in [0.4, 0.5) is 0 Å². The Morgan fingerprint density at radius 1 is 1.27 bits per heavy atom. The fourth-order valence-electron chi connectivity index (χ4n) is 9.03. The van der Waals surface area contributed by atoms with Crippen molar-refractivity contribution >= 4 is 0 Å². The van der Waals surface area contributed by atoms with Crippen molar-refractivity contribution in [3.8, 4) is 0 Å². The molecule has 4 aliphatic carbocycles. The number of nitrogens with two attached hydrogens (primary N) is 1. The molecule has 0 radical (unpaired) electrons. The second kappa shape index (κ2) is 6.09. The van der Waals surface area contributed by atoms with Crippen molar-refractivity contribution in [3.05, 3.63) is 36.5 Å². The van der Waals surface area contributed by atoms with Crippen LogP contribution in [0, 0.1) is 34.0 Å². The number of rotatable bonds is 6. The van der Waals surface area contributed by atoms with Gasteiger partial charge in [-0.25, -0.2) is 0 Å². The van der Waals surface area contributed by atoms with Gasteiger partial charge in [-0.1, -0.05) is 70.1 Å². The summed E-state index contributed by atoms with van der Waals surface area (Å²) >= 11 is 0. The van der Waals surface area contributed by atoms with Crippen LogP contribution in [-0.4, -0.2) is 6.04 Å². The van der Waals surface area contributed by atoms with Gasteiger partial charge in [-0.15, -0.1) is 0 Å².